The molecule has 4 rings (SSSR count). The highest BCUT2D eigenvalue weighted by Crippen LogP contribution is 2.28. The summed E-state index contributed by atoms with van der Waals surface area (Å²) in [5.74, 6) is 0.0160. The molecule has 1 N–H and O–H groups in total. The minimum absolute atomic E-state index is 0.0660. The molecule has 0 unspecified atom stereocenters. The number of hydrogen-bond acceptors (Lipinski definition) is 2. The molecule has 3 aromatic carbocycles. The number of nitrogens with one attached hydrogen (secondary N) is 1. The minimum Gasteiger partial charge on any atom is -0.352 e. The zero-order valence-corrected chi connectivity index (χ0v) is 17.7. The first-order valence-electron chi connectivity index (χ1n) is 11.0. The zero-order valence-electron chi connectivity index (χ0n) is 17.7. The van der Waals surface area contributed by atoms with E-state index in [1.807, 2.05) is 89.8 Å². The number of hydrogen-bond donors (Lipinski definition) is 1. The highest BCUT2D eigenvalue weighted by molar-refractivity contribution is 6.01. The van der Waals surface area contributed by atoms with E-state index < -0.39 is 0 Å². The molecule has 1 aliphatic heterocycles. The van der Waals surface area contributed by atoms with Gasteiger partial charge in [-0.25, -0.2) is 0 Å². The lowest BCUT2D eigenvalue weighted by Crippen LogP contribution is -2.45. The summed E-state index contributed by atoms with van der Waals surface area (Å²) in [6.07, 6.45) is 3.87. The van der Waals surface area contributed by atoms with Gasteiger partial charge in [0.25, 0.3) is 11.8 Å². The van der Waals surface area contributed by atoms with E-state index in [4.69, 9.17) is 0 Å². The Balaban J connectivity index is 1.45. The van der Waals surface area contributed by atoms with Crippen molar-refractivity contribution in [1.29, 1.82) is 0 Å². The van der Waals surface area contributed by atoms with E-state index in [1.54, 1.807) is 0 Å². The molecule has 0 spiro atoms. The molecule has 1 fully saturated rings. The molecule has 1 heterocycles. The predicted molar refractivity (Wildman–Crippen MR) is 124 cm³/mol. The lowest BCUT2D eigenvalue weighted by molar-refractivity contribution is 0.0602. The van der Waals surface area contributed by atoms with Crippen molar-refractivity contribution in [3.8, 4) is 11.1 Å². The van der Waals surface area contributed by atoms with Crippen molar-refractivity contribution in [2.45, 2.75) is 31.7 Å². The fourth-order valence-corrected chi connectivity index (χ4v) is 4.31. The molecule has 31 heavy (non-hydrogen) atoms. The lowest BCUT2D eigenvalue weighted by Gasteiger charge is -2.36. The molecular formula is C27H28N2O2. The van der Waals surface area contributed by atoms with E-state index in [0.717, 1.165) is 48.9 Å². The van der Waals surface area contributed by atoms with Gasteiger partial charge in [0.05, 0.1) is 0 Å². The summed E-state index contributed by atoms with van der Waals surface area (Å²) in [6.45, 7) is 1.32. The van der Waals surface area contributed by atoms with Crippen molar-refractivity contribution >= 4 is 11.8 Å². The molecule has 1 aliphatic rings. The van der Waals surface area contributed by atoms with E-state index in [1.165, 1.54) is 0 Å². The van der Waals surface area contributed by atoms with Crippen LogP contribution in [0.1, 0.15) is 46.4 Å². The van der Waals surface area contributed by atoms with Gasteiger partial charge in [-0.2, -0.15) is 0 Å². The highest BCUT2D eigenvalue weighted by Gasteiger charge is 2.28. The standard InChI is InChI=1S/C27H28N2O2/c30-26(22-13-5-2-6-14-22)28-19-18-23-15-9-10-20-29(23)27(31)25-17-8-7-16-24(25)21-11-3-1-4-12-21/h1-8,11-14,16-17,23H,9-10,15,18-20H2,(H,28,30)/t23-/m0/s1. The average Bonchev–Trinajstić information content (AvgIpc) is 2.85. The van der Waals surface area contributed by atoms with Crippen LogP contribution in [0.25, 0.3) is 11.1 Å². The number of carbonyl (C=O) groups excluding carboxylic acids is 2. The molecule has 2 amide bonds. The van der Waals surface area contributed by atoms with Crippen molar-refractivity contribution < 1.29 is 9.59 Å². The maximum atomic E-state index is 13.6. The van der Waals surface area contributed by atoms with E-state index >= 15 is 0 Å². The number of carbonyl (C=O) groups is 2. The van der Waals surface area contributed by atoms with Crippen LogP contribution in [-0.2, 0) is 0 Å². The molecule has 0 radical (unpaired) electrons. The van der Waals surface area contributed by atoms with Gasteiger partial charge in [-0.05, 0) is 55.0 Å². The molecule has 0 aromatic heterocycles. The number of piperidine rings is 1. The largest absolute Gasteiger partial charge is 0.352 e. The predicted octanol–water partition coefficient (Wildman–Crippen LogP) is 5.17. The third-order valence-corrected chi connectivity index (χ3v) is 5.93. The summed E-state index contributed by atoms with van der Waals surface area (Å²) in [6, 6.07) is 27.3. The van der Waals surface area contributed by atoms with Crippen LogP contribution in [0.3, 0.4) is 0 Å². The van der Waals surface area contributed by atoms with Crippen LogP contribution < -0.4 is 5.32 Å². The normalized spacial score (nSPS) is 16.0. The Labute approximate surface area is 183 Å². The molecule has 1 atom stereocenters. The molecule has 158 valence electrons. The van der Waals surface area contributed by atoms with Crippen LogP contribution in [0.5, 0.6) is 0 Å². The van der Waals surface area contributed by atoms with Crippen LogP contribution in [-0.4, -0.2) is 35.8 Å². The van der Waals surface area contributed by atoms with Crippen LogP contribution in [0.2, 0.25) is 0 Å². The Bertz CT molecular complexity index is 1020. The summed E-state index contributed by atoms with van der Waals surface area (Å²) in [5.41, 5.74) is 3.43. The molecule has 0 aliphatic carbocycles. The molecule has 0 bridgehead atoms. The second-order valence-electron chi connectivity index (χ2n) is 7.97. The molecule has 3 aromatic rings. The summed E-state index contributed by atoms with van der Waals surface area (Å²) in [4.78, 5) is 27.9. The number of benzene rings is 3. The van der Waals surface area contributed by atoms with E-state index in [2.05, 4.69) is 5.32 Å². The average molecular weight is 413 g/mol. The maximum absolute atomic E-state index is 13.6. The van der Waals surface area contributed by atoms with Crippen molar-refractivity contribution in [3.05, 3.63) is 96.1 Å². The van der Waals surface area contributed by atoms with Crippen molar-refractivity contribution in [1.82, 2.24) is 10.2 Å². The summed E-state index contributed by atoms with van der Waals surface area (Å²) >= 11 is 0. The van der Waals surface area contributed by atoms with Gasteiger partial charge in [-0.3, -0.25) is 9.59 Å². The Kier molecular flexibility index (Phi) is 6.78. The van der Waals surface area contributed by atoms with Gasteiger partial charge in [0.2, 0.25) is 0 Å². The molecule has 4 nitrogen and oxygen atoms in total. The fraction of sp³-hybridized carbons (Fsp3) is 0.259. The van der Waals surface area contributed by atoms with Crippen molar-refractivity contribution in [2.75, 3.05) is 13.1 Å². The Morgan fingerprint density at radius 2 is 1.52 bits per heavy atom. The van der Waals surface area contributed by atoms with Gasteiger partial charge in [0.1, 0.15) is 0 Å². The van der Waals surface area contributed by atoms with Gasteiger partial charge in [0.15, 0.2) is 0 Å². The van der Waals surface area contributed by atoms with Gasteiger partial charge in [0, 0.05) is 30.3 Å². The van der Waals surface area contributed by atoms with Crippen LogP contribution in [0.15, 0.2) is 84.9 Å². The third-order valence-electron chi connectivity index (χ3n) is 5.93. The number of amides is 2. The van der Waals surface area contributed by atoms with E-state index in [0.29, 0.717) is 12.1 Å². The smallest absolute Gasteiger partial charge is 0.254 e. The first kappa shape index (κ1) is 20.9. The maximum Gasteiger partial charge on any atom is 0.254 e. The first-order valence-corrected chi connectivity index (χ1v) is 11.0. The number of nitrogens with zero attached hydrogens (tertiary/aromatic N) is 1. The van der Waals surface area contributed by atoms with Gasteiger partial charge in [-0.1, -0.05) is 66.7 Å². The number of rotatable bonds is 6. The summed E-state index contributed by atoms with van der Waals surface area (Å²) in [7, 11) is 0. The second-order valence-corrected chi connectivity index (χ2v) is 7.97. The minimum atomic E-state index is -0.0660. The summed E-state index contributed by atoms with van der Waals surface area (Å²) < 4.78 is 0. The van der Waals surface area contributed by atoms with Gasteiger partial charge in [-0.15, -0.1) is 0 Å². The van der Waals surface area contributed by atoms with Crippen LogP contribution in [0.4, 0.5) is 0 Å². The molecule has 1 saturated heterocycles. The van der Waals surface area contributed by atoms with Gasteiger partial charge < -0.3 is 10.2 Å². The number of likely N-dealkylation sites (tertiary alicyclic amines) is 1. The zero-order chi connectivity index (χ0) is 21.5. The topological polar surface area (TPSA) is 49.4 Å². The van der Waals surface area contributed by atoms with Crippen LogP contribution in [0, 0.1) is 0 Å². The van der Waals surface area contributed by atoms with Crippen molar-refractivity contribution in [3.63, 3.8) is 0 Å². The Morgan fingerprint density at radius 1 is 0.839 bits per heavy atom. The second kappa shape index (κ2) is 10.1. The monoisotopic (exact) mass is 412 g/mol. The Hall–Kier alpha value is -3.40. The third kappa shape index (κ3) is 5.02. The summed E-state index contributed by atoms with van der Waals surface area (Å²) in [5, 5.41) is 3.01. The molecule has 4 heteroatoms. The highest BCUT2D eigenvalue weighted by atomic mass is 16.2. The quantitative estimate of drug-likeness (QED) is 0.607. The van der Waals surface area contributed by atoms with Crippen LogP contribution >= 0.6 is 0 Å². The molecular weight excluding hydrogens is 384 g/mol. The fourth-order valence-electron chi connectivity index (χ4n) is 4.31. The lowest BCUT2D eigenvalue weighted by atomic mass is 9.95. The van der Waals surface area contributed by atoms with E-state index in [-0.39, 0.29) is 17.9 Å². The molecule has 0 saturated carbocycles. The van der Waals surface area contributed by atoms with E-state index in [9.17, 15) is 9.59 Å². The van der Waals surface area contributed by atoms with Gasteiger partial charge >= 0.3 is 0 Å². The SMILES string of the molecule is O=C(NCC[C@@H]1CCCCN1C(=O)c1ccccc1-c1ccccc1)c1ccccc1. The Morgan fingerprint density at radius 3 is 2.29 bits per heavy atom. The first-order chi connectivity index (χ1) is 15.2. The van der Waals surface area contributed by atoms with Crippen molar-refractivity contribution in [2.24, 2.45) is 0 Å².